The average molecular weight is 616 g/mol. The average Bonchev–Trinajstić information content (AvgIpc) is 3.02. The van der Waals surface area contributed by atoms with Gasteiger partial charge in [-0.2, -0.15) is 18.2 Å². The molecule has 0 aliphatic carbocycles. The molecule has 3 aromatic rings. The molecule has 1 aliphatic rings. The molecule has 0 saturated carbocycles. The van der Waals surface area contributed by atoms with Gasteiger partial charge in [0, 0.05) is 5.70 Å². The van der Waals surface area contributed by atoms with Crippen LogP contribution >= 0.6 is 11.8 Å². The number of amides is 3. The highest BCUT2D eigenvalue weighted by atomic mass is 32.2. The summed E-state index contributed by atoms with van der Waals surface area (Å²) in [5.74, 6) is -2.27. The summed E-state index contributed by atoms with van der Waals surface area (Å²) in [4.78, 5) is 45.2. The normalized spacial score (nSPS) is 15.2. The predicted octanol–water partition coefficient (Wildman–Crippen LogP) is 7.10. The van der Waals surface area contributed by atoms with Gasteiger partial charge in [0.1, 0.15) is 5.57 Å². The number of amidine groups is 1. The summed E-state index contributed by atoms with van der Waals surface area (Å²) < 4.78 is 39.8. The van der Waals surface area contributed by atoms with Crippen LogP contribution in [-0.2, 0) is 20.6 Å². The van der Waals surface area contributed by atoms with Gasteiger partial charge in [0.25, 0.3) is 11.8 Å². The molecule has 10 heteroatoms. The molecular weight excluding hydrogens is 587 g/mol. The van der Waals surface area contributed by atoms with Crippen LogP contribution in [0.3, 0.4) is 0 Å². The first kappa shape index (κ1) is 32.0. The summed E-state index contributed by atoms with van der Waals surface area (Å²) in [6.45, 7) is 5.30. The van der Waals surface area contributed by atoms with E-state index < -0.39 is 35.2 Å². The molecular formula is C34H28F3N3O3S. The standard InChI is InChI=1S/C34H28F3N3O3S/c1-3-5-19-27(4-2)40-32(43)28(21-23-13-12-18-26(20-23)34(35,36)37)31(42)39-33(40)44-22-29(41)38-30(24-14-8-6-9-15-24)25-16-10-7-11-17-25/h3-21,30H,1,22H2,2H3,(H,38,41)/b19-5-,27-4+,28-21+. The van der Waals surface area contributed by atoms with Gasteiger partial charge in [0.2, 0.25) is 5.91 Å². The Morgan fingerprint density at radius 1 is 1.00 bits per heavy atom. The Morgan fingerprint density at radius 2 is 1.64 bits per heavy atom. The highest BCUT2D eigenvalue weighted by Crippen LogP contribution is 2.31. The summed E-state index contributed by atoms with van der Waals surface area (Å²) >= 11 is 0.890. The van der Waals surface area contributed by atoms with Crippen molar-refractivity contribution in [3.05, 3.63) is 149 Å². The number of rotatable bonds is 9. The molecule has 0 fully saturated rings. The van der Waals surface area contributed by atoms with Crippen molar-refractivity contribution in [3.63, 3.8) is 0 Å². The molecule has 1 heterocycles. The molecule has 0 spiro atoms. The molecule has 0 unspecified atom stereocenters. The van der Waals surface area contributed by atoms with Crippen molar-refractivity contribution in [2.75, 3.05) is 5.75 Å². The number of allylic oxidation sites excluding steroid dienone is 4. The van der Waals surface area contributed by atoms with E-state index in [-0.39, 0.29) is 22.4 Å². The lowest BCUT2D eigenvalue weighted by molar-refractivity contribution is -0.137. The minimum atomic E-state index is -4.60. The summed E-state index contributed by atoms with van der Waals surface area (Å²) in [6, 6.07) is 22.7. The molecule has 0 aromatic heterocycles. The molecule has 44 heavy (non-hydrogen) atoms. The van der Waals surface area contributed by atoms with E-state index in [1.807, 2.05) is 60.7 Å². The maximum Gasteiger partial charge on any atom is 0.416 e. The van der Waals surface area contributed by atoms with E-state index >= 15 is 0 Å². The quantitative estimate of drug-likeness (QED) is 0.158. The second-order valence-corrected chi connectivity index (χ2v) is 10.4. The van der Waals surface area contributed by atoms with Gasteiger partial charge in [0.15, 0.2) is 5.17 Å². The lowest BCUT2D eigenvalue weighted by Crippen LogP contribution is -2.42. The Balaban J connectivity index is 1.63. The van der Waals surface area contributed by atoms with Crippen LogP contribution in [0.15, 0.2) is 132 Å². The van der Waals surface area contributed by atoms with Gasteiger partial charge in [0.05, 0.1) is 17.4 Å². The van der Waals surface area contributed by atoms with Gasteiger partial charge < -0.3 is 5.32 Å². The molecule has 1 aliphatic heterocycles. The van der Waals surface area contributed by atoms with E-state index in [4.69, 9.17) is 0 Å². The number of aliphatic imine (C=N–C) groups is 1. The van der Waals surface area contributed by atoms with Crippen molar-refractivity contribution in [1.29, 1.82) is 0 Å². The Morgan fingerprint density at radius 3 is 2.20 bits per heavy atom. The molecule has 0 bridgehead atoms. The summed E-state index contributed by atoms with van der Waals surface area (Å²) in [5, 5.41) is 2.97. The molecule has 4 rings (SSSR count). The number of hydrogen-bond donors (Lipinski definition) is 1. The highest BCUT2D eigenvalue weighted by Gasteiger charge is 2.35. The number of hydrogen-bond acceptors (Lipinski definition) is 4. The third-order valence-corrected chi connectivity index (χ3v) is 7.38. The molecule has 0 atom stereocenters. The van der Waals surface area contributed by atoms with Crippen LogP contribution in [-0.4, -0.2) is 33.5 Å². The van der Waals surface area contributed by atoms with Crippen LogP contribution < -0.4 is 5.32 Å². The summed E-state index contributed by atoms with van der Waals surface area (Å²) in [7, 11) is 0. The molecule has 0 saturated heterocycles. The number of carbonyl (C=O) groups excluding carboxylic acids is 3. The van der Waals surface area contributed by atoms with Gasteiger partial charge in [-0.1, -0.05) is 109 Å². The first-order valence-corrected chi connectivity index (χ1v) is 14.4. The summed E-state index contributed by atoms with van der Waals surface area (Å²) in [6.07, 6.45) is 2.73. The summed E-state index contributed by atoms with van der Waals surface area (Å²) in [5.41, 5.74) is 0.743. The van der Waals surface area contributed by atoms with Crippen molar-refractivity contribution in [1.82, 2.24) is 10.2 Å². The van der Waals surface area contributed by atoms with E-state index in [1.54, 1.807) is 25.2 Å². The number of carbonyl (C=O) groups is 3. The first-order chi connectivity index (χ1) is 21.1. The number of alkyl halides is 3. The SMILES string of the molecule is C=C/C=C\C(=C/C)N1C(=O)/C(=C/c2cccc(C(F)(F)F)c2)C(=O)N=C1SCC(=O)NC(c1ccccc1)c1ccccc1. The van der Waals surface area contributed by atoms with E-state index in [0.29, 0.717) is 5.70 Å². The maximum absolute atomic E-state index is 13.7. The fourth-order valence-electron chi connectivity index (χ4n) is 4.36. The Bertz CT molecular complexity index is 1620. The molecule has 3 amide bonds. The molecule has 224 valence electrons. The van der Waals surface area contributed by atoms with E-state index in [1.165, 1.54) is 18.2 Å². The van der Waals surface area contributed by atoms with Crippen LogP contribution in [0.4, 0.5) is 13.2 Å². The van der Waals surface area contributed by atoms with Crippen molar-refractivity contribution < 1.29 is 27.6 Å². The van der Waals surface area contributed by atoms with Crippen LogP contribution in [0, 0.1) is 0 Å². The topological polar surface area (TPSA) is 78.8 Å². The Hall–Kier alpha value is -4.96. The zero-order valence-corrected chi connectivity index (χ0v) is 24.4. The number of thioether (sulfide) groups is 1. The van der Waals surface area contributed by atoms with Crippen LogP contribution in [0.1, 0.15) is 35.2 Å². The number of halogens is 3. The van der Waals surface area contributed by atoms with Crippen molar-refractivity contribution >= 4 is 40.7 Å². The van der Waals surface area contributed by atoms with Gasteiger partial charge in [-0.3, -0.25) is 19.3 Å². The van der Waals surface area contributed by atoms with Gasteiger partial charge in [-0.15, -0.1) is 0 Å². The molecule has 6 nitrogen and oxygen atoms in total. The van der Waals surface area contributed by atoms with Crippen molar-refractivity contribution in [3.8, 4) is 0 Å². The van der Waals surface area contributed by atoms with Crippen LogP contribution in [0.25, 0.3) is 6.08 Å². The minimum Gasteiger partial charge on any atom is -0.344 e. The van der Waals surface area contributed by atoms with Crippen molar-refractivity contribution in [2.45, 2.75) is 19.1 Å². The lowest BCUT2D eigenvalue weighted by Gasteiger charge is -2.28. The minimum absolute atomic E-state index is 0.0127. The largest absolute Gasteiger partial charge is 0.416 e. The Kier molecular flexibility index (Phi) is 10.5. The zero-order chi connectivity index (χ0) is 31.7. The second-order valence-electron chi connectivity index (χ2n) is 9.44. The van der Waals surface area contributed by atoms with Gasteiger partial charge in [-0.05, 0) is 47.9 Å². The zero-order valence-electron chi connectivity index (χ0n) is 23.6. The number of nitrogens with one attached hydrogen (secondary N) is 1. The molecule has 1 N–H and O–H groups in total. The van der Waals surface area contributed by atoms with Crippen molar-refractivity contribution in [2.24, 2.45) is 4.99 Å². The third-order valence-electron chi connectivity index (χ3n) is 6.44. The number of benzene rings is 3. The number of nitrogens with zero attached hydrogens (tertiary/aromatic N) is 2. The smallest absolute Gasteiger partial charge is 0.344 e. The Labute approximate surface area is 257 Å². The van der Waals surface area contributed by atoms with E-state index in [2.05, 4.69) is 16.9 Å². The van der Waals surface area contributed by atoms with E-state index in [0.717, 1.165) is 46.0 Å². The second kappa shape index (κ2) is 14.5. The molecule has 0 radical (unpaired) electrons. The predicted molar refractivity (Wildman–Crippen MR) is 167 cm³/mol. The maximum atomic E-state index is 13.7. The molecule has 3 aromatic carbocycles. The van der Waals surface area contributed by atoms with Crippen LogP contribution in [0.2, 0.25) is 0 Å². The monoisotopic (exact) mass is 615 g/mol. The van der Waals surface area contributed by atoms with Crippen LogP contribution in [0.5, 0.6) is 0 Å². The van der Waals surface area contributed by atoms with E-state index in [9.17, 15) is 27.6 Å². The lowest BCUT2D eigenvalue weighted by atomic mass is 9.99. The highest BCUT2D eigenvalue weighted by molar-refractivity contribution is 8.14. The van der Waals surface area contributed by atoms with Gasteiger partial charge >= 0.3 is 6.18 Å². The third kappa shape index (κ3) is 7.90. The fourth-order valence-corrected chi connectivity index (χ4v) is 5.17. The van der Waals surface area contributed by atoms with Gasteiger partial charge in [-0.25, -0.2) is 0 Å². The fraction of sp³-hybridized carbons (Fsp3) is 0.118. The first-order valence-electron chi connectivity index (χ1n) is 13.5.